The van der Waals surface area contributed by atoms with Gasteiger partial charge >= 0.3 is 0 Å². The van der Waals surface area contributed by atoms with Gasteiger partial charge in [0, 0.05) is 30.8 Å². The Balaban J connectivity index is 1.07. The molecule has 1 aliphatic carbocycles. The largest absolute Gasteiger partial charge is 0.353 e. The van der Waals surface area contributed by atoms with Gasteiger partial charge in [0.15, 0.2) is 6.23 Å². The number of H-pyrrole nitrogens is 1. The summed E-state index contributed by atoms with van der Waals surface area (Å²) in [6.45, 7) is 1.09. The molecule has 2 heterocycles. The van der Waals surface area contributed by atoms with Crippen molar-refractivity contribution in [2.24, 2.45) is 5.92 Å². The molecule has 5 rings (SSSR count). The number of epoxide rings is 1. The number of amides is 1. The number of aromatic nitrogens is 2. The van der Waals surface area contributed by atoms with Crippen LogP contribution in [0, 0.1) is 5.92 Å². The van der Waals surface area contributed by atoms with Crippen LogP contribution < -0.4 is 10.2 Å². The lowest BCUT2D eigenvalue weighted by Gasteiger charge is -2.18. The predicted molar refractivity (Wildman–Crippen MR) is 145 cm³/mol. The number of ether oxygens (including phenoxy) is 1. The third-order valence-electron chi connectivity index (χ3n) is 7.63. The Bertz CT molecular complexity index is 1120. The second-order valence-electron chi connectivity index (χ2n) is 10.7. The molecule has 1 aromatic heterocycles. The van der Waals surface area contributed by atoms with Crippen molar-refractivity contribution >= 4 is 22.6 Å². The first kappa shape index (κ1) is 24.8. The van der Waals surface area contributed by atoms with Gasteiger partial charge in [0.25, 0.3) is 0 Å². The molecular weight excluding hydrogens is 450 g/mol. The number of fused-ring (bicyclic) bond motifs is 1. The third kappa shape index (κ3) is 5.90. The van der Waals surface area contributed by atoms with Gasteiger partial charge in [-0.15, -0.1) is 0 Å². The number of nitrogens with one attached hydrogen (secondary N) is 2. The van der Waals surface area contributed by atoms with Crippen LogP contribution in [-0.4, -0.2) is 66.8 Å². The van der Waals surface area contributed by atoms with E-state index in [9.17, 15) is 4.79 Å². The lowest BCUT2D eigenvalue weighted by Crippen LogP contribution is -2.33. The van der Waals surface area contributed by atoms with Gasteiger partial charge in [0.05, 0.1) is 11.0 Å². The maximum absolute atomic E-state index is 12.4. The zero-order chi connectivity index (χ0) is 25.1. The Hall–Kier alpha value is -2.90. The SMILES string of the molecule is CN(C)CCCCCC(=O)N[C@H]1CC[C@@H](C2OC2N(C)c2ccc(-c3nc4ccccc4[nH]3)cc2)C1. The Labute approximate surface area is 214 Å². The molecule has 0 radical (unpaired) electrons. The van der Waals surface area contributed by atoms with E-state index in [1.54, 1.807) is 0 Å². The van der Waals surface area contributed by atoms with Gasteiger partial charge in [-0.1, -0.05) is 18.6 Å². The molecule has 2 aromatic carbocycles. The minimum Gasteiger partial charge on any atom is -0.353 e. The number of imidazole rings is 1. The van der Waals surface area contributed by atoms with E-state index in [2.05, 4.69) is 65.5 Å². The fourth-order valence-electron chi connectivity index (χ4n) is 5.50. The molecule has 1 amide bonds. The molecule has 1 saturated heterocycles. The molecule has 0 spiro atoms. The van der Waals surface area contributed by atoms with Crippen molar-refractivity contribution in [2.45, 2.75) is 63.3 Å². The van der Waals surface area contributed by atoms with Gasteiger partial charge in [0.2, 0.25) is 5.91 Å². The number of para-hydroxylation sites is 2. The minimum atomic E-state index is 0.109. The molecule has 2 N–H and O–H groups in total. The average Bonchev–Trinajstić information content (AvgIpc) is 3.33. The maximum atomic E-state index is 12.4. The maximum Gasteiger partial charge on any atom is 0.220 e. The Morgan fingerprint density at radius 2 is 1.86 bits per heavy atom. The van der Waals surface area contributed by atoms with Gasteiger partial charge in [-0.05, 0) is 95.1 Å². The van der Waals surface area contributed by atoms with Crippen LogP contribution in [0.2, 0.25) is 0 Å². The van der Waals surface area contributed by atoms with E-state index < -0.39 is 0 Å². The van der Waals surface area contributed by atoms with Crippen molar-refractivity contribution in [1.82, 2.24) is 20.2 Å². The van der Waals surface area contributed by atoms with Crippen LogP contribution in [0.5, 0.6) is 0 Å². The minimum absolute atomic E-state index is 0.109. The molecule has 1 saturated carbocycles. The Kier molecular flexibility index (Phi) is 7.58. The van der Waals surface area contributed by atoms with Crippen LogP contribution in [0.4, 0.5) is 5.69 Å². The topological polar surface area (TPSA) is 76.8 Å². The van der Waals surface area contributed by atoms with Gasteiger partial charge in [-0.2, -0.15) is 0 Å². The number of aromatic amines is 1. The first-order chi connectivity index (χ1) is 17.5. The highest BCUT2D eigenvalue weighted by Gasteiger charge is 2.49. The normalized spacial score (nSPS) is 23.3. The second kappa shape index (κ2) is 11.0. The molecule has 7 nitrogen and oxygen atoms in total. The van der Waals surface area contributed by atoms with Crippen LogP contribution >= 0.6 is 0 Å². The smallest absolute Gasteiger partial charge is 0.220 e. The van der Waals surface area contributed by atoms with Crippen LogP contribution in [0.25, 0.3) is 22.4 Å². The summed E-state index contributed by atoms with van der Waals surface area (Å²) in [6, 6.07) is 16.9. The summed E-state index contributed by atoms with van der Waals surface area (Å²) in [4.78, 5) is 24.9. The van der Waals surface area contributed by atoms with Gasteiger partial charge in [-0.3, -0.25) is 4.79 Å². The van der Waals surface area contributed by atoms with Crippen LogP contribution in [0.15, 0.2) is 48.5 Å². The molecule has 1 aliphatic heterocycles. The molecule has 192 valence electrons. The second-order valence-corrected chi connectivity index (χ2v) is 10.7. The molecule has 4 atom stereocenters. The molecular formula is C29H39N5O2. The number of hydrogen-bond acceptors (Lipinski definition) is 5. The van der Waals surface area contributed by atoms with Crippen LogP contribution in [0.1, 0.15) is 44.9 Å². The van der Waals surface area contributed by atoms with E-state index in [0.717, 1.165) is 73.2 Å². The Morgan fingerprint density at radius 1 is 1.06 bits per heavy atom. The van der Waals surface area contributed by atoms with Crippen LogP contribution in [-0.2, 0) is 9.53 Å². The standard InChI is InChI=1S/C29H39N5O2/c1-33(2)18-8-4-5-11-26(35)30-22-15-12-21(19-22)27-29(36-27)34(3)23-16-13-20(14-17-23)28-31-24-9-6-7-10-25(24)32-28/h6-7,9-10,13-14,16-17,21-22,27,29H,4-5,8,11-12,15,18-19H2,1-3H3,(H,30,35)(H,31,32)/t21-,22+,27?,29?/m1/s1. The number of anilines is 1. The van der Waals surface area contributed by atoms with Gasteiger partial charge in [-0.25, -0.2) is 4.98 Å². The van der Waals surface area contributed by atoms with Crippen LogP contribution in [0.3, 0.4) is 0 Å². The average molecular weight is 490 g/mol. The summed E-state index contributed by atoms with van der Waals surface area (Å²) in [5, 5.41) is 3.27. The molecule has 2 fully saturated rings. The highest BCUT2D eigenvalue weighted by atomic mass is 16.6. The summed E-state index contributed by atoms with van der Waals surface area (Å²) in [5.41, 5.74) is 4.24. The van der Waals surface area contributed by atoms with E-state index in [-0.39, 0.29) is 18.2 Å². The monoisotopic (exact) mass is 489 g/mol. The van der Waals surface area contributed by atoms with Gasteiger partial charge in [0.1, 0.15) is 11.9 Å². The summed E-state index contributed by atoms with van der Waals surface area (Å²) < 4.78 is 6.13. The van der Waals surface area contributed by atoms with E-state index in [1.807, 2.05) is 24.3 Å². The highest BCUT2D eigenvalue weighted by molar-refractivity contribution is 5.79. The first-order valence-electron chi connectivity index (χ1n) is 13.4. The molecule has 2 unspecified atom stereocenters. The van der Waals surface area contributed by atoms with Crippen molar-refractivity contribution in [3.8, 4) is 11.4 Å². The van der Waals surface area contributed by atoms with E-state index in [1.165, 1.54) is 0 Å². The lowest BCUT2D eigenvalue weighted by atomic mass is 10.0. The molecule has 36 heavy (non-hydrogen) atoms. The number of nitrogens with zero attached hydrogens (tertiary/aromatic N) is 3. The van der Waals surface area contributed by atoms with Crippen molar-refractivity contribution in [1.29, 1.82) is 0 Å². The first-order valence-corrected chi connectivity index (χ1v) is 13.4. The number of hydrogen-bond donors (Lipinski definition) is 2. The number of carbonyl (C=O) groups is 1. The third-order valence-corrected chi connectivity index (χ3v) is 7.63. The summed E-state index contributed by atoms with van der Waals surface area (Å²) in [7, 11) is 6.29. The summed E-state index contributed by atoms with van der Waals surface area (Å²) >= 11 is 0. The number of benzene rings is 2. The highest BCUT2D eigenvalue weighted by Crippen LogP contribution is 2.42. The number of carbonyl (C=O) groups excluding carboxylic acids is 1. The summed E-state index contributed by atoms with van der Waals surface area (Å²) in [5.74, 6) is 1.61. The quantitative estimate of drug-likeness (QED) is 0.299. The number of rotatable bonds is 11. The number of likely N-dealkylation sites (N-methyl/N-ethyl adjacent to an activating group) is 1. The predicted octanol–water partition coefficient (Wildman–Crippen LogP) is 4.80. The van der Waals surface area contributed by atoms with E-state index in [0.29, 0.717) is 18.4 Å². The Morgan fingerprint density at radius 3 is 2.64 bits per heavy atom. The fraction of sp³-hybridized carbons (Fsp3) is 0.517. The van der Waals surface area contributed by atoms with Crippen molar-refractivity contribution in [3.05, 3.63) is 48.5 Å². The zero-order valence-electron chi connectivity index (χ0n) is 21.7. The van der Waals surface area contributed by atoms with Crippen molar-refractivity contribution < 1.29 is 9.53 Å². The summed E-state index contributed by atoms with van der Waals surface area (Å²) in [6.07, 6.45) is 7.44. The van der Waals surface area contributed by atoms with E-state index >= 15 is 0 Å². The number of unbranched alkanes of at least 4 members (excludes halogenated alkanes) is 2. The fourth-order valence-corrected chi connectivity index (χ4v) is 5.50. The molecule has 7 heteroatoms. The van der Waals surface area contributed by atoms with Crippen molar-refractivity contribution in [3.63, 3.8) is 0 Å². The molecule has 0 bridgehead atoms. The zero-order valence-corrected chi connectivity index (χ0v) is 21.7. The van der Waals surface area contributed by atoms with Gasteiger partial charge < -0.3 is 24.8 Å². The molecule has 3 aromatic rings. The lowest BCUT2D eigenvalue weighted by molar-refractivity contribution is -0.121. The van der Waals surface area contributed by atoms with E-state index in [4.69, 9.17) is 9.72 Å². The van der Waals surface area contributed by atoms with Crippen molar-refractivity contribution in [2.75, 3.05) is 32.6 Å². The molecule has 2 aliphatic rings.